The minimum absolute atomic E-state index is 0.0868. The minimum Gasteiger partial charge on any atom is -0.302 e. The van der Waals surface area contributed by atoms with Crippen molar-refractivity contribution in [3.05, 3.63) is 96.3 Å². The van der Waals surface area contributed by atoms with Gasteiger partial charge in [0.25, 0.3) is 0 Å². The molecule has 0 atom stereocenters. The van der Waals surface area contributed by atoms with Crippen molar-refractivity contribution < 1.29 is 9.18 Å². The van der Waals surface area contributed by atoms with Gasteiger partial charge in [0, 0.05) is 30.4 Å². The number of carbonyl (C=O) groups is 1. The number of hydrogen-bond donors (Lipinski definition) is 1. The molecular weight excluding hydrogens is 449 g/mol. The number of amides is 1. The Morgan fingerprint density at radius 3 is 2.62 bits per heavy atom. The third-order valence-electron chi connectivity index (χ3n) is 5.40. The second-order valence-electron chi connectivity index (χ2n) is 7.86. The monoisotopic (exact) mass is 469 g/mol. The van der Waals surface area contributed by atoms with Crippen LogP contribution in [-0.4, -0.2) is 25.3 Å². The lowest BCUT2D eigenvalue weighted by Crippen LogP contribution is -2.15. The summed E-state index contributed by atoms with van der Waals surface area (Å²) in [5.41, 5.74) is 5.45. The van der Waals surface area contributed by atoms with Gasteiger partial charge in [0.1, 0.15) is 11.5 Å². The van der Waals surface area contributed by atoms with Crippen molar-refractivity contribution in [1.29, 1.82) is 0 Å². The van der Waals surface area contributed by atoms with E-state index in [1.54, 1.807) is 36.9 Å². The number of aromatic nitrogens is 4. The van der Waals surface area contributed by atoms with E-state index in [9.17, 15) is 9.18 Å². The topological polar surface area (TPSA) is 72.2 Å². The Morgan fingerprint density at radius 2 is 1.88 bits per heavy atom. The van der Waals surface area contributed by atoms with Gasteiger partial charge in [0.05, 0.1) is 23.2 Å². The number of fused-ring (bicyclic) bond motifs is 1. The van der Waals surface area contributed by atoms with Gasteiger partial charge in [-0.25, -0.2) is 14.4 Å². The molecule has 4 aromatic heterocycles. The summed E-state index contributed by atoms with van der Waals surface area (Å²) in [6, 6.07) is 12.7. The molecule has 1 amide bonds. The first-order valence-electron chi connectivity index (χ1n) is 10.6. The van der Waals surface area contributed by atoms with Crippen LogP contribution in [-0.2, 0) is 11.2 Å². The van der Waals surface area contributed by atoms with Gasteiger partial charge in [0.15, 0.2) is 5.13 Å². The largest absolute Gasteiger partial charge is 0.302 e. The molecule has 0 saturated heterocycles. The van der Waals surface area contributed by atoms with Gasteiger partial charge in [-0.3, -0.25) is 14.2 Å². The highest BCUT2D eigenvalue weighted by Crippen LogP contribution is 2.27. The van der Waals surface area contributed by atoms with Gasteiger partial charge in [-0.1, -0.05) is 30.0 Å². The molecule has 0 aliphatic rings. The summed E-state index contributed by atoms with van der Waals surface area (Å²) in [5.74, 6) is -0.773. The first-order valence-corrected chi connectivity index (χ1v) is 11.4. The summed E-state index contributed by atoms with van der Waals surface area (Å²) in [5, 5.41) is 3.19. The predicted molar refractivity (Wildman–Crippen MR) is 133 cm³/mol. The normalized spacial score (nSPS) is 11.0. The van der Waals surface area contributed by atoms with Crippen molar-refractivity contribution in [2.24, 2.45) is 0 Å². The van der Waals surface area contributed by atoms with Crippen LogP contribution in [0.4, 0.5) is 9.52 Å². The molecule has 6 nitrogen and oxygen atoms in total. The molecule has 34 heavy (non-hydrogen) atoms. The number of imidazole rings is 1. The zero-order valence-electron chi connectivity index (χ0n) is 18.3. The lowest BCUT2D eigenvalue weighted by molar-refractivity contribution is -0.115. The van der Waals surface area contributed by atoms with Crippen LogP contribution >= 0.6 is 11.3 Å². The second kappa shape index (κ2) is 8.99. The third kappa shape index (κ3) is 4.35. The highest BCUT2D eigenvalue weighted by molar-refractivity contribution is 7.16. The molecular formula is C26H20FN5OS. The number of nitrogens with one attached hydrogen (secondary N) is 1. The molecule has 0 aliphatic carbocycles. The van der Waals surface area contributed by atoms with Crippen molar-refractivity contribution >= 4 is 33.6 Å². The van der Waals surface area contributed by atoms with E-state index in [0.29, 0.717) is 16.3 Å². The van der Waals surface area contributed by atoms with Gasteiger partial charge in [-0.15, -0.1) is 0 Å². The first kappa shape index (κ1) is 21.7. The zero-order chi connectivity index (χ0) is 23.7. The summed E-state index contributed by atoms with van der Waals surface area (Å²) in [6.07, 6.45) is 8.70. The maximum Gasteiger partial charge on any atom is 0.230 e. The molecule has 4 heterocycles. The van der Waals surface area contributed by atoms with E-state index in [0.717, 1.165) is 32.9 Å². The van der Waals surface area contributed by atoms with Gasteiger partial charge >= 0.3 is 0 Å². The quantitative estimate of drug-likeness (QED) is 0.337. The Balaban J connectivity index is 1.35. The molecule has 1 aromatic carbocycles. The van der Waals surface area contributed by atoms with Crippen LogP contribution in [0.25, 0.3) is 33.6 Å². The maximum atomic E-state index is 14.9. The molecule has 1 N–H and O–H groups in total. The number of carbonyl (C=O) groups excluding carboxylic acids is 1. The number of halogens is 1. The van der Waals surface area contributed by atoms with Gasteiger partial charge in [-0.2, -0.15) is 0 Å². The molecule has 0 aliphatic heterocycles. The van der Waals surface area contributed by atoms with Crippen LogP contribution in [0.2, 0.25) is 0 Å². The number of benzene rings is 1. The van der Waals surface area contributed by atoms with Crippen molar-refractivity contribution in [2.45, 2.75) is 13.3 Å². The van der Waals surface area contributed by atoms with Crippen molar-refractivity contribution in [3.63, 3.8) is 0 Å². The van der Waals surface area contributed by atoms with E-state index in [2.05, 4.69) is 26.8 Å². The molecule has 5 rings (SSSR count). The van der Waals surface area contributed by atoms with E-state index >= 15 is 0 Å². The molecule has 0 radical (unpaired) electrons. The lowest BCUT2D eigenvalue weighted by atomic mass is 10.1. The fourth-order valence-electron chi connectivity index (χ4n) is 3.63. The van der Waals surface area contributed by atoms with Crippen molar-refractivity contribution in [1.82, 2.24) is 19.4 Å². The summed E-state index contributed by atoms with van der Waals surface area (Å²) < 4.78 is 16.8. The third-order valence-corrected chi connectivity index (χ3v) is 6.47. The van der Waals surface area contributed by atoms with Crippen LogP contribution in [0.15, 0.2) is 80.0 Å². The van der Waals surface area contributed by atoms with Crippen LogP contribution in [0, 0.1) is 5.82 Å². The van der Waals surface area contributed by atoms with Gasteiger partial charge in [-0.05, 0) is 59.5 Å². The Kier molecular flexibility index (Phi) is 5.73. The number of thiazole rings is 1. The number of hydrogen-bond acceptors (Lipinski definition) is 5. The van der Waals surface area contributed by atoms with Crippen LogP contribution in [0.1, 0.15) is 17.4 Å². The second-order valence-corrected chi connectivity index (χ2v) is 8.89. The number of allylic oxidation sites excluding steroid dienone is 1. The standard InChI is InChI=1S/C26H20FN5OS/c1-16(2)23-15-30-26(34-23)31-25(33)13-19-3-4-20(11-21(19)27)22-14-29-24-12-18(7-10-32(22)24)17-5-8-28-9-6-17/h3-12,14-15H,1,13H2,2H3,(H,30,31,33). The highest BCUT2D eigenvalue weighted by Gasteiger charge is 2.14. The zero-order valence-corrected chi connectivity index (χ0v) is 19.1. The van der Waals surface area contributed by atoms with Gasteiger partial charge < -0.3 is 5.32 Å². The smallest absolute Gasteiger partial charge is 0.230 e. The lowest BCUT2D eigenvalue weighted by Gasteiger charge is -2.08. The average Bonchev–Trinajstić information content (AvgIpc) is 3.48. The summed E-state index contributed by atoms with van der Waals surface area (Å²) in [6.45, 7) is 5.74. The van der Waals surface area contributed by atoms with Crippen molar-refractivity contribution in [3.8, 4) is 22.4 Å². The summed E-state index contributed by atoms with van der Waals surface area (Å²) in [7, 11) is 0. The van der Waals surface area contributed by atoms with E-state index < -0.39 is 5.82 Å². The molecule has 0 bridgehead atoms. The average molecular weight is 470 g/mol. The van der Waals surface area contributed by atoms with E-state index in [4.69, 9.17) is 0 Å². The molecule has 8 heteroatoms. The van der Waals surface area contributed by atoms with Crippen LogP contribution in [0.3, 0.4) is 0 Å². The summed E-state index contributed by atoms with van der Waals surface area (Å²) >= 11 is 1.34. The number of nitrogens with zero attached hydrogens (tertiary/aromatic N) is 4. The molecule has 0 fully saturated rings. The Morgan fingerprint density at radius 1 is 1.06 bits per heavy atom. The Bertz CT molecular complexity index is 1520. The first-order chi connectivity index (χ1) is 16.5. The minimum atomic E-state index is -0.447. The van der Waals surface area contributed by atoms with Crippen LogP contribution in [0.5, 0.6) is 0 Å². The fourth-order valence-corrected chi connectivity index (χ4v) is 4.39. The molecule has 0 unspecified atom stereocenters. The number of anilines is 1. The molecule has 0 saturated carbocycles. The maximum absolute atomic E-state index is 14.9. The number of rotatable bonds is 6. The van der Waals surface area contributed by atoms with E-state index in [1.807, 2.05) is 41.8 Å². The van der Waals surface area contributed by atoms with E-state index in [-0.39, 0.29) is 12.3 Å². The van der Waals surface area contributed by atoms with Gasteiger partial charge in [0.2, 0.25) is 5.91 Å². The predicted octanol–water partition coefficient (Wildman–Crippen LogP) is 5.87. The summed E-state index contributed by atoms with van der Waals surface area (Å²) in [4.78, 5) is 26.0. The molecule has 0 spiro atoms. The van der Waals surface area contributed by atoms with E-state index in [1.165, 1.54) is 17.4 Å². The Labute approximate surface area is 199 Å². The molecule has 5 aromatic rings. The number of pyridine rings is 2. The fraction of sp³-hybridized carbons (Fsp3) is 0.0769. The SMILES string of the molecule is C=C(C)c1cnc(NC(=O)Cc2ccc(-c3cnc4cc(-c5ccncc5)ccn34)cc2F)s1. The van der Waals surface area contributed by atoms with Crippen molar-refractivity contribution in [2.75, 3.05) is 5.32 Å². The Hall–Kier alpha value is -4.17. The highest BCUT2D eigenvalue weighted by atomic mass is 32.1. The van der Waals surface area contributed by atoms with Crippen LogP contribution < -0.4 is 5.32 Å². The molecule has 168 valence electrons.